The minimum absolute atomic E-state index is 0.0264. The fourth-order valence-corrected chi connectivity index (χ4v) is 5.75. The molecule has 0 saturated carbocycles. The Bertz CT molecular complexity index is 1530. The number of amidine groups is 2. The summed E-state index contributed by atoms with van der Waals surface area (Å²) in [6, 6.07) is 16.5. The maximum Gasteiger partial charge on any atom is 0.283 e. The summed E-state index contributed by atoms with van der Waals surface area (Å²) in [6.45, 7) is 4.32. The minimum Gasteiger partial charge on any atom is -0.342 e. The van der Waals surface area contributed by atoms with Crippen LogP contribution in [0.4, 0.5) is 0 Å². The number of nitrogens with one attached hydrogen (secondary N) is 1. The Morgan fingerprint density at radius 3 is 2.65 bits per heavy atom. The number of hydrogen-bond donors (Lipinski definition) is 1. The van der Waals surface area contributed by atoms with Gasteiger partial charge in [0.25, 0.3) is 5.91 Å². The summed E-state index contributed by atoms with van der Waals surface area (Å²) in [6.07, 6.45) is 5.96. The van der Waals surface area contributed by atoms with Crippen molar-refractivity contribution < 1.29 is 9.59 Å². The zero-order chi connectivity index (χ0) is 25.5. The first-order valence-electron chi connectivity index (χ1n) is 12.4. The first-order valence-corrected chi connectivity index (χ1v) is 13.2. The standard InChI is InChI=1S/C28H26N6O2S/c1-18-8-10-19(11-9-18)16-33-17-20(21-6-2-3-7-23(21)33)14-22-26(29)34-28(30-27(22)36)37-24(31-34)15-25(35)32-12-4-5-13-32/h2-3,6-11,14,17,29H,4-5,12-13,15-16H2,1H3/b22-14-,29-26?. The van der Waals surface area contributed by atoms with Crippen molar-refractivity contribution >= 4 is 56.6 Å². The van der Waals surface area contributed by atoms with Gasteiger partial charge in [-0.1, -0.05) is 48.0 Å². The molecular weight excluding hydrogens is 484 g/mol. The summed E-state index contributed by atoms with van der Waals surface area (Å²) in [4.78, 5) is 31.6. The molecule has 0 radical (unpaired) electrons. The van der Waals surface area contributed by atoms with E-state index >= 15 is 0 Å². The predicted molar refractivity (Wildman–Crippen MR) is 148 cm³/mol. The summed E-state index contributed by atoms with van der Waals surface area (Å²) in [5, 5.41) is 16.5. The summed E-state index contributed by atoms with van der Waals surface area (Å²) >= 11 is 1.19. The highest BCUT2D eigenvalue weighted by Gasteiger charge is 2.36. The van der Waals surface area contributed by atoms with Crippen molar-refractivity contribution in [2.75, 3.05) is 13.1 Å². The second kappa shape index (κ2) is 9.48. The van der Waals surface area contributed by atoms with Crippen LogP contribution in [0.1, 0.15) is 36.0 Å². The number of aliphatic imine (C=N–C) groups is 1. The Hall–Kier alpha value is -3.98. The molecule has 2 amide bonds. The van der Waals surface area contributed by atoms with E-state index in [1.54, 1.807) is 6.08 Å². The SMILES string of the molecule is Cc1ccc(Cn2cc(/C=C3/C(=N)N4N=C(CC(=O)N5CCCC5)SC4=NC3=O)c3ccccc32)cc1. The number of carbonyl (C=O) groups excluding carboxylic acids is 2. The fourth-order valence-electron chi connectivity index (χ4n) is 4.88. The van der Waals surface area contributed by atoms with Crippen LogP contribution in [0.15, 0.2) is 70.4 Å². The molecule has 6 rings (SSSR count). The molecule has 1 N–H and O–H groups in total. The topological polar surface area (TPSA) is 94.1 Å². The zero-order valence-electron chi connectivity index (χ0n) is 20.5. The van der Waals surface area contributed by atoms with Crippen molar-refractivity contribution in [3.63, 3.8) is 0 Å². The molecule has 186 valence electrons. The van der Waals surface area contributed by atoms with Gasteiger partial charge in [-0.2, -0.15) is 15.1 Å². The van der Waals surface area contributed by atoms with Crippen molar-refractivity contribution in [2.24, 2.45) is 10.1 Å². The Balaban J connectivity index is 1.29. The van der Waals surface area contributed by atoms with E-state index in [9.17, 15) is 9.59 Å². The van der Waals surface area contributed by atoms with E-state index < -0.39 is 5.91 Å². The molecule has 8 nitrogen and oxygen atoms in total. The van der Waals surface area contributed by atoms with Gasteiger partial charge in [-0.15, -0.1) is 0 Å². The fraction of sp³-hybridized carbons (Fsp3) is 0.250. The van der Waals surface area contributed by atoms with Crippen LogP contribution in [0.25, 0.3) is 17.0 Å². The van der Waals surface area contributed by atoms with E-state index in [1.165, 1.54) is 27.9 Å². The van der Waals surface area contributed by atoms with E-state index in [0.29, 0.717) is 16.8 Å². The molecule has 1 fully saturated rings. The molecule has 3 aromatic rings. The molecule has 4 heterocycles. The van der Waals surface area contributed by atoms with Gasteiger partial charge in [0.1, 0.15) is 5.04 Å². The van der Waals surface area contributed by atoms with Crippen molar-refractivity contribution in [3.05, 3.63) is 77.0 Å². The number of amides is 2. The molecular formula is C28H26N6O2S. The Labute approximate surface area is 218 Å². The number of likely N-dealkylation sites (tertiary alicyclic amines) is 1. The molecule has 1 aromatic heterocycles. The molecule has 3 aliphatic rings. The normalized spacial score (nSPS) is 18.6. The molecule has 37 heavy (non-hydrogen) atoms. The number of para-hydroxylation sites is 1. The van der Waals surface area contributed by atoms with Gasteiger partial charge in [0, 0.05) is 42.3 Å². The molecule has 1 saturated heterocycles. The van der Waals surface area contributed by atoms with Crippen molar-refractivity contribution in [1.82, 2.24) is 14.5 Å². The van der Waals surface area contributed by atoms with Crippen LogP contribution in [0, 0.1) is 12.3 Å². The lowest BCUT2D eigenvalue weighted by Gasteiger charge is -2.20. The average molecular weight is 511 g/mol. The molecule has 0 spiro atoms. The van der Waals surface area contributed by atoms with E-state index in [0.717, 1.165) is 42.4 Å². The number of aryl methyl sites for hydroxylation is 1. The average Bonchev–Trinajstić information content (AvgIpc) is 3.63. The molecule has 2 aromatic carbocycles. The lowest BCUT2D eigenvalue weighted by Crippen LogP contribution is -2.35. The van der Waals surface area contributed by atoms with Crippen molar-refractivity contribution in [1.29, 1.82) is 5.41 Å². The summed E-state index contributed by atoms with van der Waals surface area (Å²) in [5.74, 6) is -0.470. The summed E-state index contributed by atoms with van der Waals surface area (Å²) < 4.78 is 2.16. The van der Waals surface area contributed by atoms with Gasteiger partial charge in [-0.3, -0.25) is 15.0 Å². The lowest BCUT2D eigenvalue weighted by atomic mass is 10.1. The van der Waals surface area contributed by atoms with Crippen LogP contribution in [0.3, 0.4) is 0 Å². The van der Waals surface area contributed by atoms with Crippen LogP contribution >= 0.6 is 11.8 Å². The maximum absolute atomic E-state index is 13.0. The molecule has 9 heteroatoms. The van der Waals surface area contributed by atoms with Crippen LogP contribution in [0.5, 0.6) is 0 Å². The van der Waals surface area contributed by atoms with E-state index in [2.05, 4.69) is 51.9 Å². The third-order valence-electron chi connectivity index (χ3n) is 6.85. The highest BCUT2D eigenvalue weighted by Crippen LogP contribution is 2.31. The third kappa shape index (κ3) is 4.51. The monoisotopic (exact) mass is 510 g/mol. The number of thioether (sulfide) groups is 1. The molecule has 0 unspecified atom stereocenters. The number of hydrogen-bond acceptors (Lipinski definition) is 5. The van der Waals surface area contributed by atoms with Crippen molar-refractivity contribution in [3.8, 4) is 0 Å². The van der Waals surface area contributed by atoms with Crippen molar-refractivity contribution in [2.45, 2.75) is 32.7 Å². The van der Waals surface area contributed by atoms with E-state index in [1.807, 2.05) is 29.3 Å². The van der Waals surface area contributed by atoms with Gasteiger partial charge in [-0.25, -0.2) is 0 Å². The molecule has 3 aliphatic heterocycles. The Morgan fingerprint density at radius 1 is 1.11 bits per heavy atom. The zero-order valence-corrected chi connectivity index (χ0v) is 21.3. The predicted octanol–water partition coefficient (Wildman–Crippen LogP) is 4.63. The van der Waals surface area contributed by atoms with Gasteiger partial charge in [0.05, 0.1) is 12.0 Å². The van der Waals surface area contributed by atoms with Crippen LogP contribution in [0.2, 0.25) is 0 Å². The molecule has 0 atom stereocenters. The molecule has 0 bridgehead atoms. The van der Waals surface area contributed by atoms with E-state index in [4.69, 9.17) is 5.41 Å². The highest BCUT2D eigenvalue weighted by molar-refractivity contribution is 8.27. The lowest BCUT2D eigenvalue weighted by molar-refractivity contribution is -0.128. The number of rotatable bonds is 5. The number of hydrazone groups is 1. The third-order valence-corrected chi connectivity index (χ3v) is 7.76. The minimum atomic E-state index is -0.471. The second-order valence-corrected chi connectivity index (χ2v) is 10.5. The Morgan fingerprint density at radius 2 is 1.86 bits per heavy atom. The van der Waals surface area contributed by atoms with Gasteiger partial charge >= 0.3 is 0 Å². The van der Waals surface area contributed by atoms with Crippen LogP contribution in [-0.2, 0) is 16.1 Å². The number of aromatic nitrogens is 1. The first-order chi connectivity index (χ1) is 18.0. The number of benzene rings is 2. The number of nitrogens with zero attached hydrogens (tertiary/aromatic N) is 5. The maximum atomic E-state index is 13.0. The number of carbonyl (C=O) groups is 2. The smallest absolute Gasteiger partial charge is 0.283 e. The van der Waals surface area contributed by atoms with Gasteiger partial charge < -0.3 is 9.47 Å². The first kappa shape index (κ1) is 23.4. The summed E-state index contributed by atoms with van der Waals surface area (Å²) in [5.41, 5.74) is 4.47. The van der Waals surface area contributed by atoms with Crippen LogP contribution < -0.4 is 0 Å². The quantitative estimate of drug-likeness (QED) is 0.507. The van der Waals surface area contributed by atoms with Crippen LogP contribution in [-0.4, -0.2) is 55.4 Å². The largest absolute Gasteiger partial charge is 0.342 e. The highest BCUT2D eigenvalue weighted by atomic mass is 32.2. The number of fused-ring (bicyclic) bond motifs is 2. The summed E-state index contributed by atoms with van der Waals surface area (Å²) in [7, 11) is 0. The Kier molecular flexibility index (Phi) is 6.00. The second-order valence-electron chi connectivity index (χ2n) is 9.49. The van der Waals surface area contributed by atoms with Gasteiger partial charge in [-0.05, 0) is 49.2 Å². The van der Waals surface area contributed by atoms with Gasteiger partial charge in [0.2, 0.25) is 11.1 Å². The molecule has 0 aliphatic carbocycles. The van der Waals surface area contributed by atoms with Gasteiger partial charge in [0.15, 0.2) is 5.84 Å². The van der Waals surface area contributed by atoms with E-state index in [-0.39, 0.29) is 23.7 Å².